The van der Waals surface area contributed by atoms with Crippen molar-refractivity contribution in [3.8, 4) is 5.75 Å². The highest BCUT2D eigenvalue weighted by Crippen LogP contribution is 2.17. The molecule has 18 heavy (non-hydrogen) atoms. The van der Waals surface area contributed by atoms with Crippen molar-refractivity contribution in [2.75, 3.05) is 19.6 Å². The predicted molar refractivity (Wildman–Crippen MR) is 69.7 cm³/mol. The molecular weight excluding hydrogens is 232 g/mol. The van der Waals surface area contributed by atoms with E-state index in [0.29, 0.717) is 19.6 Å². The second-order valence-corrected chi connectivity index (χ2v) is 4.33. The molecule has 4 N–H and O–H groups in total. The molecule has 1 amide bonds. The van der Waals surface area contributed by atoms with Crippen LogP contribution in [0, 0.1) is 6.92 Å². The zero-order chi connectivity index (χ0) is 13.5. The van der Waals surface area contributed by atoms with Crippen molar-refractivity contribution in [3.05, 3.63) is 29.3 Å². The van der Waals surface area contributed by atoms with E-state index in [0.717, 1.165) is 5.56 Å². The molecule has 1 unspecified atom stereocenters. The number of rotatable bonds is 6. The number of aromatic hydroxyl groups is 1. The van der Waals surface area contributed by atoms with Crippen molar-refractivity contribution in [2.24, 2.45) is 0 Å². The number of nitrogens with one attached hydrogen (secondary N) is 2. The highest BCUT2D eigenvalue weighted by molar-refractivity contribution is 5.96. The summed E-state index contributed by atoms with van der Waals surface area (Å²) in [6.07, 6.45) is -0.401. The van der Waals surface area contributed by atoms with Crippen LogP contribution in [0.15, 0.2) is 18.2 Å². The normalized spacial score (nSPS) is 12.2. The van der Waals surface area contributed by atoms with Crippen LogP contribution < -0.4 is 10.6 Å². The molecule has 1 aromatic carbocycles. The Morgan fingerprint density at radius 1 is 1.39 bits per heavy atom. The molecule has 5 nitrogen and oxygen atoms in total. The molecule has 100 valence electrons. The van der Waals surface area contributed by atoms with E-state index in [1.165, 1.54) is 0 Å². The number of benzene rings is 1. The number of hydrogen-bond donors (Lipinski definition) is 4. The Bertz CT molecular complexity index is 405. The van der Waals surface area contributed by atoms with Crippen molar-refractivity contribution in [2.45, 2.75) is 20.0 Å². The van der Waals surface area contributed by atoms with Crippen molar-refractivity contribution in [1.29, 1.82) is 0 Å². The monoisotopic (exact) mass is 252 g/mol. The van der Waals surface area contributed by atoms with Crippen LogP contribution in [0.5, 0.6) is 5.75 Å². The van der Waals surface area contributed by atoms with E-state index < -0.39 is 6.10 Å². The average Bonchev–Trinajstić information content (AvgIpc) is 2.27. The average molecular weight is 252 g/mol. The molecule has 0 aromatic heterocycles. The topological polar surface area (TPSA) is 81.6 Å². The van der Waals surface area contributed by atoms with Crippen LogP contribution in [0.1, 0.15) is 22.8 Å². The van der Waals surface area contributed by atoms with E-state index in [4.69, 9.17) is 5.11 Å². The molecular formula is C13H20N2O3. The number of hydrogen-bond acceptors (Lipinski definition) is 4. The van der Waals surface area contributed by atoms with Gasteiger partial charge in [-0.3, -0.25) is 4.79 Å². The molecule has 0 aliphatic carbocycles. The van der Waals surface area contributed by atoms with Crippen molar-refractivity contribution < 1.29 is 15.0 Å². The second-order valence-electron chi connectivity index (χ2n) is 4.33. The van der Waals surface area contributed by atoms with E-state index in [-0.39, 0.29) is 17.2 Å². The molecule has 1 aromatic rings. The molecule has 0 spiro atoms. The van der Waals surface area contributed by atoms with Gasteiger partial charge in [0.1, 0.15) is 5.75 Å². The Hall–Kier alpha value is -1.59. The fraction of sp³-hybridized carbons (Fsp3) is 0.462. The third-order valence-electron chi connectivity index (χ3n) is 2.42. The number of carbonyl (C=O) groups excluding carboxylic acids is 1. The Kier molecular flexibility index (Phi) is 5.61. The van der Waals surface area contributed by atoms with Crippen molar-refractivity contribution >= 4 is 5.91 Å². The molecule has 0 heterocycles. The molecule has 0 fully saturated rings. The highest BCUT2D eigenvalue weighted by atomic mass is 16.3. The van der Waals surface area contributed by atoms with Gasteiger partial charge in [0.15, 0.2) is 0 Å². The first kappa shape index (κ1) is 14.5. The number of carbonyl (C=O) groups is 1. The van der Waals surface area contributed by atoms with Gasteiger partial charge in [0.25, 0.3) is 5.91 Å². The van der Waals surface area contributed by atoms with E-state index in [2.05, 4.69) is 10.6 Å². The third-order valence-corrected chi connectivity index (χ3v) is 2.42. The van der Waals surface area contributed by atoms with Crippen LogP contribution in [-0.2, 0) is 0 Å². The van der Waals surface area contributed by atoms with Gasteiger partial charge in [-0.2, -0.15) is 0 Å². The summed E-state index contributed by atoms with van der Waals surface area (Å²) in [7, 11) is 0. The van der Waals surface area contributed by atoms with Crippen LogP contribution in [0.3, 0.4) is 0 Å². The Morgan fingerprint density at radius 2 is 2.11 bits per heavy atom. The first-order valence-electron chi connectivity index (χ1n) is 5.97. The molecule has 0 radical (unpaired) electrons. The summed E-state index contributed by atoms with van der Waals surface area (Å²) < 4.78 is 0. The van der Waals surface area contributed by atoms with Gasteiger partial charge in [-0.05, 0) is 31.5 Å². The van der Waals surface area contributed by atoms with E-state index >= 15 is 0 Å². The van der Waals surface area contributed by atoms with Crippen molar-refractivity contribution in [1.82, 2.24) is 10.6 Å². The number of phenols is 1. The molecule has 5 heteroatoms. The minimum atomic E-state index is -0.401. The number of amides is 1. The zero-order valence-corrected chi connectivity index (χ0v) is 10.7. The van der Waals surface area contributed by atoms with E-state index in [9.17, 15) is 9.90 Å². The Balaban J connectivity index is 2.36. The lowest BCUT2D eigenvalue weighted by Gasteiger charge is -2.09. The largest absolute Gasteiger partial charge is 0.507 e. The van der Waals surface area contributed by atoms with Gasteiger partial charge in [-0.15, -0.1) is 0 Å². The molecule has 0 aliphatic rings. The SMILES string of the molecule is Cc1ccc(C(=O)NCCNCC(C)O)c(O)c1. The van der Waals surface area contributed by atoms with Crippen LogP contribution in [-0.4, -0.2) is 41.9 Å². The predicted octanol–water partition coefficient (Wildman–Crippen LogP) is 0.401. The van der Waals surface area contributed by atoms with Gasteiger partial charge in [0, 0.05) is 19.6 Å². The minimum Gasteiger partial charge on any atom is -0.507 e. The first-order chi connectivity index (χ1) is 8.50. The number of aryl methyl sites for hydroxylation is 1. The van der Waals surface area contributed by atoms with Gasteiger partial charge in [-0.1, -0.05) is 6.07 Å². The summed E-state index contributed by atoms with van der Waals surface area (Å²) in [5, 5.41) is 24.3. The standard InChI is InChI=1S/C13H20N2O3/c1-9-3-4-11(12(17)7-9)13(18)15-6-5-14-8-10(2)16/h3-4,7,10,14,16-17H,5-6,8H2,1-2H3,(H,15,18). The van der Waals surface area contributed by atoms with Crippen LogP contribution in [0.25, 0.3) is 0 Å². The summed E-state index contributed by atoms with van der Waals surface area (Å²) in [6.45, 7) is 5.05. The van der Waals surface area contributed by atoms with Gasteiger partial charge >= 0.3 is 0 Å². The summed E-state index contributed by atoms with van der Waals surface area (Å²) >= 11 is 0. The summed E-state index contributed by atoms with van der Waals surface area (Å²) in [4.78, 5) is 11.7. The molecule has 1 rings (SSSR count). The minimum absolute atomic E-state index is 0.00978. The lowest BCUT2D eigenvalue weighted by Crippen LogP contribution is -2.34. The van der Waals surface area contributed by atoms with Crippen LogP contribution >= 0.6 is 0 Å². The van der Waals surface area contributed by atoms with E-state index in [1.54, 1.807) is 25.1 Å². The number of aliphatic hydroxyl groups excluding tert-OH is 1. The van der Waals surface area contributed by atoms with Gasteiger partial charge in [0.2, 0.25) is 0 Å². The van der Waals surface area contributed by atoms with Crippen molar-refractivity contribution in [3.63, 3.8) is 0 Å². The maximum atomic E-state index is 11.7. The molecule has 0 saturated carbocycles. The molecule has 0 bridgehead atoms. The molecule has 0 saturated heterocycles. The maximum absolute atomic E-state index is 11.7. The molecule has 0 aliphatic heterocycles. The highest BCUT2D eigenvalue weighted by Gasteiger charge is 2.09. The fourth-order valence-electron chi connectivity index (χ4n) is 1.50. The maximum Gasteiger partial charge on any atom is 0.255 e. The number of aliphatic hydroxyl groups is 1. The summed E-state index contributed by atoms with van der Waals surface area (Å²) in [6, 6.07) is 4.93. The zero-order valence-electron chi connectivity index (χ0n) is 10.7. The van der Waals surface area contributed by atoms with Gasteiger partial charge in [-0.25, -0.2) is 0 Å². The van der Waals surface area contributed by atoms with E-state index in [1.807, 2.05) is 6.92 Å². The van der Waals surface area contributed by atoms with Gasteiger partial charge in [0.05, 0.1) is 11.7 Å². The smallest absolute Gasteiger partial charge is 0.255 e. The number of phenolic OH excluding ortho intramolecular Hbond substituents is 1. The van der Waals surface area contributed by atoms with Crippen LogP contribution in [0.2, 0.25) is 0 Å². The van der Waals surface area contributed by atoms with Gasteiger partial charge < -0.3 is 20.8 Å². The Labute approximate surface area is 107 Å². The lowest BCUT2D eigenvalue weighted by molar-refractivity contribution is 0.0951. The summed E-state index contributed by atoms with van der Waals surface area (Å²) in [5.41, 5.74) is 1.18. The summed E-state index contributed by atoms with van der Waals surface area (Å²) in [5.74, 6) is -0.309. The second kappa shape index (κ2) is 6.98. The quantitative estimate of drug-likeness (QED) is 0.552. The Morgan fingerprint density at radius 3 is 2.72 bits per heavy atom. The fourth-order valence-corrected chi connectivity index (χ4v) is 1.50. The molecule has 1 atom stereocenters. The third kappa shape index (κ3) is 4.73. The van der Waals surface area contributed by atoms with Crippen LogP contribution in [0.4, 0.5) is 0 Å². The lowest BCUT2D eigenvalue weighted by atomic mass is 10.1. The first-order valence-corrected chi connectivity index (χ1v) is 5.97.